The highest BCUT2D eigenvalue weighted by Gasteiger charge is 2.24. The van der Waals surface area contributed by atoms with Gasteiger partial charge in [-0.25, -0.2) is 0 Å². The average Bonchev–Trinajstić information content (AvgIpc) is 2.48. The van der Waals surface area contributed by atoms with Crippen molar-refractivity contribution in [1.82, 2.24) is 9.80 Å². The number of hydrogen-bond donors (Lipinski definition) is 1. The van der Waals surface area contributed by atoms with Crippen LogP contribution >= 0.6 is 0 Å². The predicted molar refractivity (Wildman–Crippen MR) is 83.2 cm³/mol. The SMILES string of the molecule is CCNc1ccc(C(=O)N2CCC(N(C)C)CC2)cc1. The minimum atomic E-state index is 0.158. The third kappa shape index (κ3) is 3.51. The molecule has 1 N–H and O–H groups in total. The molecule has 4 heteroatoms. The van der Waals surface area contributed by atoms with E-state index in [-0.39, 0.29) is 5.91 Å². The lowest BCUT2D eigenvalue weighted by molar-refractivity contribution is 0.0663. The third-order valence-electron chi connectivity index (χ3n) is 3.99. The number of piperidine rings is 1. The quantitative estimate of drug-likeness (QED) is 0.915. The van der Waals surface area contributed by atoms with Crippen LogP contribution < -0.4 is 5.32 Å². The van der Waals surface area contributed by atoms with Crippen molar-refractivity contribution in [1.29, 1.82) is 0 Å². The molecule has 1 aromatic rings. The van der Waals surface area contributed by atoms with E-state index in [0.29, 0.717) is 6.04 Å². The van der Waals surface area contributed by atoms with Gasteiger partial charge in [0.15, 0.2) is 0 Å². The van der Waals surface area contributed by atoms with E-state index in [1.54, 1.807) is 0 Å². The first kappa shape index (κ1) is 14.9. The van der Waals surface area contributed by atoms with Crippen LogP contribution in [0.2, 0.25) is 0 Å². The van der Waals surface area contributed by atoms with E-state index in [1.165, 1.54) is 0 Å². The summed E-state index contributed by atoms with van der Waals surface area (Å²) in [5.41, 5.74) is 1.85. The number of nitrogens with one attached hydrogen (secondary N) is 1. The van der Waals surface area contributed by atoms with Gasteiger partial charge in [0.05, 0.1) is 0 Å². The Hall–Kier alpha value is -1.55. The van der Waals surface area contributed by atoms with Crippen molar-refractivity contribution in [2.45, 2.75) is 25.8 Å². The van der Waals surface area contributed by atoms with Crippen LogP contribution in [0.25, 0.3) is 0 Å². The van der Waals surface area contributed by atoms with Crippen molar-refractivity contribution in [3.05, 3.63) is 29.8 Å². The molecule has 0 aromatic heterocycles. The first-order valence-electron chi connectivity index (χ1n) is 7.41. The van der Waals surface area contributed by atoms with Crippen LogP contribution in [0.1, 0.15) is 30.1 Å². The monoisotopic (exact) mass is 275 g/mol. The number of anilines is 1. The molecule has 1 aliphatic rings. The Kier molecular flexibility index (Phi) is 5.01. The molecule has 0 unspecified atom stereocenters. The lowest BCUT2D eigenvalue weighted by Crippen LogP contribution is -2.44. The maximum Gasteiger partial charge on any atom is 0.253 e. The number of carbonyl (C=O) groups is 1. The van der Waals surface area contributed by atoms with Crippen molar-refractivity contribution in [2.24, 2.45) is 0 Å². The number of benzene rings is 1. The fourth-order valence-corrected chi connectivity index (χ4v) is 2.70. The number of carbonyl (C=O) groups excluding carboxylic acids is 1. The van der Waals surface area contributed by atoms with Gasteiger partial charge in [-0.1, -0.05) is 0 Å². The summed E-state index contributed by atoms with van der Waals surface area (Å²) in [5.74, 6) is 0.158. The maximum absolute atomic E-state index is 12.4. The molecule has 1 aliphatic heterocycles. The van der Waals surface area contributed by atoms with Gasteiger partial charge in [0.2, 0.25) is 0 Å². The van der Waals surface area contributed by atoms with E-state index in [0.717, 1.165) is 43.7 Å². The van der Waals surface area contributed by atoms with Crippen molar-refractivity contribution in [2.75, 3.05) is 39.0 Å². The molecule has 1 aromatic carbocycles. The Bertz CT molecular complexity index is 434. The van der Waals surface area contributed by atoms with Gasteiger partial charge in [0, 0.05) is 36.9 Å². The molecule has 1 amide bonds. The molecule has 0 atom stereocenters. The summed E-state index contributed by atoms with van der Waals surface area (Å²) in [6.07, 6.45) is 2.13. The average molecular weight is 275 g/mol. The molecule has 1 fully saturated rings. The zero-order chi connectivity index (χ0) is 14.5. The van der Waals surface area contributed by atoms with Gasteiger partial charge in [-0.3, -0.25) is 4.79 Å². The largest absolute Gasteiger partial charge is 0.385 e. The first-order valence-corrected chi connectivity index (χ1v) is 7.41. The molecule has 1 saturated heterocycles. The van der Waals surface area contributed by atoms with Gasteiger partial charge in [0.1, 0.15) is 0 Å². The summed E-state index contributed by atoms with van der Waals surface area (Å²) >= 11 is 0. The highest BCUT2D eigenvalue weighted by molar-refractivity contribution is 5.94. The molecule has 0 aliphatic carbocycles. The van der Waals surface area contributed by atoms with Crippen LogP contribution in [0.5, 0.6) is 0 Å². The van der Waals surface area contributed by atoms with E-state index in [9.17, 15) is 4.79 Å². The van der Waals surface area contributed by atoms with E-state index in [1.807, 2.05) is 29.2 Å². The summed E-state index contributed by atoms with van der Waals surface area (Å²) in [5, 5.41) is 3.24. The topological polar surface area (TPSA) is 35.6 Å². The number of rotatable bonds is 4. The lowest BCUT2D eigenvalue weighted by Gasteiger charge is -2.35. The Balaban J connectivity index is 1.94. The fourth-order valence-electron chi connectivity index (χ4n) is 2.70. The summed E-state index contributed by atoms with van der Waals surface area (Å²) in [6.45, 7) is 4.67. The molecular formula is C16H25N3O. The third-order valence-corrected chi connectivity index (χ3v) is 3.99. The number of likely N-dealkylation sites (tertiary alicyclic amines) is 1. The van der Waals surface area contributed by atoms with Gasteiger partial charge < -0.3 is 15.1 Å². The van der Waals surface area contributed by atoms with Crippen LogP contribution in [0.3, 0.4) is 0 Å². The summed E-state index contributed by atoms with van der Waals surface area (Å²) < 4.78 is 0. The standard InChI is InChI=1S/C16H25N3O/c1-4-17-14-7-5-13(6-8-14)16(20)19-11-9-15(10-12-19)18(2)3/h5-8,15,17H,4,9-12H2,1-3H3. The minimum absolute atomic E-state index is 0.158. The molecule has 110 valence electrons. The van der Waals surface area contributed by atoms with E-state index < -0.39 is 0 Å². The van der Waals surface area contributed by atoms with Gasteiger partial charge in [-0.2, -0.15) is 0 Å². The second-order valence-corrected chi connectivity index (χ2v) is 5.59. The fraction of sp³-hybridized carbons (Fsp3) is 0.562. The van der Waals surface area contributed by atoms with Crippen LogP contribution in [-0.2, 0) is 0 Å². The highest BCUT2D eigenvalue weighted by atomic mass is 16.2. The second-order valence-electron chi connectivity index (χ2n) is 5.59. The molecular weight excluding hydrogens is 250 g/mol. The Morgan fingerprint density at radius 1 is 1.25 bits per heavy atom. The van der Waals surface area contributed by atoms with Crippen LogP contribution in [-0.4, -0.2) is 55.5 Å². The molecule has 2 rings (SSSR count). The van der Waals surface area contributed by atoms with E-state index in [2.05, 4.69) is 31.2 Å². The Morgan fingerprint density at radius 3 is 2.35 bits per heavy atom. The Labute approximate surface area is 121 Å². The normalized spacial score (nSPS) is 16.5. The lowest BCUT2D eigenvalue weighted by atomic mass is 10.0. The minimum Gasteiger partial charge on any atom is -0.385 e. The highest BCUT2D eigenvalue weighted by Crippen LogP contribution is 2.17. The van der Waals surface area contributed by atoms with Gasteiger partial charge in [-0.05, 0) is 58.1 Å². The maximum atomic E-state index is 12.4. The first-order chi connectivity index (χ1) is 9.61. The summed E-state index contributed by atoms with van der Waals surface area (Å²) in [6, 6.07) is 8.39. The summed E-state index contributed by atoms with van der Waals surface area (Å²) in [7, 11) is 4.23. The molecule has 20 heavy (non-hydrogen) atoms. The van der Waals surface area contributed by atoms with Gasteiger partial charge in [0.25, 0.3) is 5.91 Å². The molecule has 1 heterocycles. The van der Waals surface area contributed by atoms with Gasteiger partial charge >= 0.3 is 0 Å². The molecule has 0 spiro atoms. The smallest absolute Gasteiger partial charge is 0.253 e. The predicted octanol–water partition coefficient (Wildman–Crippen LogP) is 2.28. The van der Waals surface area contributed by atoms with Crippen molar-refractivity contribution >= 4 is 11.6 Å². The number of nitrogens with zero attached hydrogens (tertiary/aromatic N) is 2. The van der Waals surface area contributed by atoms with Crippen molar-refractivity contribution < 1.29 is 4.79 Å². The zero-order valence-electron chi connectivity index (χ0n) is 12.7. The molecule has 0 bridgehead atoms. The summed E-state index contributed by atoms with van der Waals surface area (Å²) in [4.78, 5) is 16.7. The molecule has 4 nitrogen and oxygen atoms in total. The van der Waals surface area contributed by atoms with Gasteiger partial charge in [-0.15, -0.1) is 0 Å². The van der Waals surface area contributed by atoms with E-state index >= 15 is 0 Å². The number of amides is 1. The zero-order valence-corrected chi connectivity index (χ0v) is 12.7. The second kappa shape index (κ2) is 6.75. The van der Waals surface area contributed by atoms with Crippen LogP contribution in [0, 0.1) is 0 Å². The molecule has 0 radical (unpaired) electrons. The molecule has 0 saturated carbocycles. The van der Waals surface area contributed by atoms with Crippen LogP contribution in [0.4, 0.5) is 5.69 Å². The van der Waals surface area contributed by atoms with Crippen LogP contribution in [0.15, 0.2) is 24.3 Å². The Morgan fingerprint density at radius 2 is 1.85 bits per heavy atom. The van der Waals surface area contributed by atoms with Crippen molar-refractivity contribution in [3.63, 3.8) is 0 Å². The van der Waals surface area contributed by atoms with Crippen molar-refractivity contribution in [3.8, 4) is 0 Å². The van der Waals surface area contributed by atoms with E-state index in [4.69, 9.17) is 0 Å². The number of hydrogen-bond acceptors (Lipinski definition) is 3.